The summed E-state index contributed by atoms with van der Waals surface area (Å²) in [5.74, 6) is 0. The van der Waals surface area contributed by atoms with Crippen molar-refractivity contribution in [3.63, 3.8) is 0 Å². The van der Waals surface area contributed by atoms with E-state index in [4.69, 9.17) is 0 Å². The number of aliphatic hydroxyl groups is 1. The van der Waals surface area contributed by atoms with Gasteiger partial charge >= 0.3 is 0 Å². The first-order valence-electron chi connectivity index (χ1n) is 6.47. The monoisotopic (exact) mass is 210 g/mol. The molecule has 2 N–H and O–H groups in total. The van der Waals surface area contributed by atoms with Crippen LogP contribution in [0.2, 0.25) is 0 Å². The van der Waals surface area contributed by atoms with E-state index in [1.54, 1.807) is 0 Å². The molecule has 2 unspecified atom stereocenters. The summed E-state index contributed by atoms with van der Waals surface area (Å²) in [4.78, 5) is 2.61. The van der Waals surface area contributed by atoms with Crippen LogP contribution >= 0.6 is 0 Å². The van der Waals surface area contributed by atoms with Crippen LogP contribution in [-0.2, 0) is 0 Å². The van der Waals surface area contributed by atoms with E-state index < -0.39 is 0 Å². The predicted octanol–water partition coefficient (Wildman–Crippen LogP) is 0.728. The fourth-order valence-electron chi connectivity index (χ4n) is 3.40. The molecule has 2 atom stereocenters. The smallest absolute Gasteiger partial charge is 0.0771 e. The van der Waals surface area contributed by atoms with Crippen LogP contribution in [0.4, 0.5) is 0 Å². The molecule has 0 aromatic rings. The standard InChI is InChI=1S/C12H22N2O/c15-12(5-2-6-12)9-13-10-4-8-14-7-1-3-11(10)14/h10-11,13,15H,1-9H2. The number of rotatable bonds is 3. The summed E-state index contributed by atoms with van der Waals surface area (Å²) >= 11 is 0. The Morgan fingerprint density at radius 3 is 2.80 bits per heavy atom. The highest BCUT2D eigenvalue weighted by molar-refractivity contribution is 4.98. The summed E-state index contributed by atoms with van der Waals surface area (Å²) in [5.41, 5.74) is -0.355. The number of hydrogen-bond donors (Lipinski definition) is 2. The Labute approximate surface area is 91.8 Å². The zero-order chi connectivity index (χ0) is 10.3. The first-order valence-corrected chi connectivity index (χ1v) is 6.47. The number of nitrogens with zero attached hydrogens (tertiary/aromatic N) is 1. The molecule has 0 amide bonds. The molecule has 1 saturated carbocycles. The molecule has 0 spiro atoms. The highest BCUT2D eigenvalue weighted by Crippen LogP contribution is 2.32. The third-order valence-electron chi connectivity index (χ3n) is 4.58. The zero-order valence-corrected chi connectivity index (χ0v) is 9.41. The van der Waals surface area contributed by atoms with E-state index in [-0.39, 0.29) is 5.60 Å². The highest BCUT2D eigenvalue weighted by atomic mass is 16.3. The van der Waals surface area contributed by atoms with Gasteiger partial charge in [-0.05, 0) is 45.1 Å². The second kappa shape index (κ2) is 3.72. The summed E-state index contributed by atoms with van der Waals surface area (Å²) < 4.78 is 0. The number of nitrogens with one attached hydrogen (secondary N) is 1. The molecule has 3 heteroatoms. The molecule has 1 aliphatic carbocycles. The summed E-state index contributed by atoms with van der Waals surface area (Å²) in [5, 5.41) is 13.6. The average molecular weight is 210 g/mol. The first-order chi connectivity index (χ1) is 7.27. The second-order valence-corrected chi connectivity index (χ2v) is 5.60. The van der Waals surface area contributed by atoms with Gasteiger partial charge < -0.3 is 10.4 Å². The van der Waals surface area contributed by atoms with Gasteiger partial charge in [-0.2, -0.15) is 0 Å². The van der Waals surface area contributed by atoms with Crippen LogP contribution in [0.3, 0.4) is 0 Å². The van der Waals surface area contributed by atoms with Crippen molar-refractivity contribution in [2.24, 2.45) is 0 Å². The first kappa shape index (κ1) is 10.1. The Morgan fingerprint density at radius 1 is 1.20 bits per heavy atom. The third-order valence-corrected chi connectivity index (χ3v) is 4.58. The Bertz CT molecular complexity index is 240. The highest BCUT2D eigenvalue weighted by Gasteiger charge is 2.39. The van der Waals surface area contributed by atoms with Gasteiger partial charge in [0.1, 0.15) is 0 Å². The van der Waals surface area contributed by atoms with Gasteiger partial charge in [-0.25, -0.2) is 0 Å². The third kappa shape index (κ3) is 1.81. The van der Waals surface area contributed by atoms with Crippen molar-refractivity contribution >= 4 is 0 Å². The van der Waals surface area contributed by atoms with E-state index in [9.17, 15) is 5.11 Å². The molecule has 2 heterocycles. The fourth-order valence-corrected chi connectivity index (χ4v) is 3.40. The lowest BCUT2D eigenvalue weighted by atomic mass is 9.80. The molecule has 0 radical (unpaired) electrons. The van der Waals surface area contributed by atoms with Crippen molar-refractivity contribution in [3.8, 4) is 0 Å². The van der Waals surface area contributed by atoms with E-state index in [0.717, 1.165) is 25.4 Å². The average Bonchev–Trinajstić information content (AvgIpc) is 2.73. The van der Waals surface area contributed by atoms with E-state index in [0.29, 0.717) is 6.04 Å². The van der Waals surface area contributed by atoms with Crippen LogP contribution in [-0.4, -0.2) is 47.3 Å². The van der Waals surface area contributed by atoms with Crippen LogP contribution in [0.5, 0.6) is 0 Å². The zero-order valence-electron chi connectivity index (χ0n) is 9.41. The van der Waals surface area contributed by atoms with Gasteiger partial charge in [-0.3, -0.25) is 4.90 Å². The SMILES string of the molecule is OC1(CNC2CCN3CCCC23)CCC1. The van der Waals surface area contributed by atoms with Gasteiger partial charge in [0.05, 0.1) is 5.60 Å². The van der Waals surface area contributed by atoms with Gasteiger partial charge in [0, 0.05) is 25.2 Å². The van der Waals surface area contributed by atoms with Gasteiger partial charge in [-0.1, -0.05) is 0 Å². The number of hydrogen-bond acceptors (Lipinski definition) is 3. The van der Waals surface area contributed by atoms with Crippen LogP contribution in [0.25, 0.3) is 0 Å². The molecule has 0 aromatic heterocycles. The van der Waals surface area contributed by atoms with Gasteiger partial charge in [0.25, 0.3) is 0 Å². The van der Waals surface area contributed by atoms with Gasteiger partial charge in [0.2, 0.25) is 0 Å². The minimum Gasteiger partial charge on any atom is -0.389 e. The molecular weight excluding hydrogens is 188 g/mol. The summed E-state index contributed by atoms with van der Waals surface area (Å²) in [6, 6.07) is 1.42. The molecule has 3 fully saturated rings. The molecule has 86 valence electrons. The van der Waals surface area contributed by atoms with Crippen LogP contribution in [0.15, 0.2) is 0 Å². The summed E-state index contributed by atoms with van der Waals surface area (Å²) in [6.45, 7) is 3.38. The van der Waals surface area contributed by atoms with E-state index in [1.807, 2.05) is 0 Å². The van der Waals surface area contributed by atoms with E-state index in [1.165, 1.54) is 38.8 Å². The molecule has 2 saturated heterocycles. The van der Waals surface area contributed by atoms with Crippen molar-refractivity contribution in [2.75, 3.05) is 19.6 Å². The van der Waals surface area contributed by atoms with Crippen molar-refractivity contribution in [2.45, 2.75) is 56.2 Å². The largest absolute Gasteiger partial charge is 0.389 e. The molecule has 3 rings (SSSR count). The Morgan fingerprint density at radius 2 is 2.07 bits per heavy atom. The maximum absolute atomic E-state index is 10.0. The Balaban J connectivity index is 1.51. The maximum Gasteiger partial charge on any atom is 0.0771 e. The lowest BCUT2D eigenvalue weighted by Gasteiger charge is -2.38. The van der Waals surface area contributed by atoms with Crippen molar-refractivity contribution in [1.29, 1.82) is 0 Å². The molecule has 15 heavy (non-hydrogen) atoms. The molecule has 2 aliphatic heterocycles. The number of fused-ring (bicyclic) bond motifs is 1. The lowest BCUT2D eigenvalue weighted by molar-refractivity contribution is -0.0336. The fraction of sp³-hybridized carbons (Fsp3) is 1.00. The molecule has 3 nitrogen and oxygen atoms in total. The topological polar surface area (TPSA) is 35.5 Å². The van der Waals surface area contributed by atoms with Crippen molar-refractivity contribution < 1.29 is 5.11 Å². The van der Waals surface area contributed by atoms with Crippen molar-refractivity contribution in [3.05, 3.63) is 0 Å². The van der Waals surface area contributed by atoms with E-state index >= 15 is 0 Å². The molecular formula is C12H22N2O. The quantitative estimate of drug-likeness (QED) is 0.721. The molecule has 0 aromatic carbocycles. The maximum atomic E-state index is 10.0. The van der Waals surface area contributed by atoms with Crippen LogP contribution in [0, 0.1) is 0 Å². The van der Waals surface area contributed by atoms with Crippen molar-refractivity contribution in [1.82, 2.24) is 10.2 Å². The minimum absolute atomic E-state index is 0.355. The normalized spacial score (nSPS) is 39.0. The van der Waals surface area contributed by atoms with Crippen LogP contribution < -0.4 is 5.32 Å². The Hall–Kier alpha value is -0.120. The lowest BCUT2D eigenvalue weighted by Crippen LogP contribution is -2.51. The van der Waals surface area contributed by atoms with Crippen LogP contribution in [0.1, 0.15) is 38.5 Å². The van der Waals surface area contributed by atoms with Gasteiger partial charge in [-0.15, -0.1) is 0 Å². The summed E-state index contributed by atoms with van der Waals surface area (Å²) in [7, 11) is 0. The minimum atomic E-state index is -0.355. The summed E-state index contributed by atoms with van der Waals surface area (Å²) in [6.07, 6.45) is 7.21. The molecule has 3 aliphatic rings. The molecule has 0 bridgehead atoms. The Kier molecular flexibility index (Phi) is 2.49. The van der Waals surface area contributed by atoms with E-state index in [2.05, 4.69) is 10.2 Å². The predicted molar refractivity (Wildman–Crippen MR) is 59.8 cm³/mol. The van der Waals surface area contributed by atoms with Gasteiger partial charge in [0.15, 0.2) is 0 Å². The second-order valence-electron chi connectivity index (χ2n) is 5.60.